The van der Waals surface area contributed by atoms with Gasteiger partial charge < -0.3 is 10.5 Å². The number of hydrogen-bond acceptors (Lipinski definition) is 2. The molecule has 2 N–H and O–H groups in total. The molecule has 0 saturated heterocycles. The first-order valence-corrected chi connectivity index (χ1v) is 5.67. The second kappa shape index (κ2) is 5.52. The first-order chi connectivity index (χ1) is 6.75. The molecule has 0 bridgehead atoms. The van der Waals surface area contributed by atoms with Gasteiger partial charge in [0.1, 0.15) is 0 Å². The third-order valence-electron chi connectivity index (χ3n) is 3.46. The van der Waals surface area contributed by atoms with Crippen LogP contribution < -0.4 is 5.73 Å². The lowest BCUT2D eigenvalue weighted by Gasteiger charge is -2.33. The molecule has 1 rings (SSSR count). The zero-order valence-electron chi connectivity index (χ0n) is 9.30. The molecular formula is C12H23NO. The quantitative estimate of drug-likeness (QED) is 0.525. The van der Waals surface area contributed by atoms with Gasteiger partial charge in [0, 0.05) is 13.2 Å². The maximum Gasteiger partial charge on any atom is 0.0828 e. The van der Waals surface area contributed by atoms with Crippen molar-refractivity contribution in [2.24, 2.45) is 5.73 Å². The minimum atomic E-state index is -0.0127. The van der Waals surface area contributed by atoms with E-state index in [1.807, 2.05) is 6.08 Å². The van der Waals surface area contributed by atoms with Crippen LogP contribution in [0.3, 0.4) is 0 Å². The number of hydrogen-bond donors (Lipinski definition) is 1. The van der Waals surface area contributed by atoms with Crippen molar-refractivity contribution in [2.45, 2.75) is 56.6 Å². The highest BCUT2D eigenvalue weighted by Gasteiger charge is 2.38. The van der Waals surface area contributed by atoms with Gasteiger partial charge in [0.15, 0.2) is 0 Å². The summed E-state index contributed by atoms with van der Waals surface area (Å²) in [4.78, 5) is 0. The molecule has 0 aromatic heterocycles. The molecule has 0 aromatic carbocycles. The Balaban J connectivity index is 2.39. The Morgan fingerprint density at radius 2 is 2.14 bits per heavy atom. The van der Waals surface area contributed by atoms with Crippen molar-refractivity contribution in [3.05, 3.63) is 12.7 Å². The van der Waals surface area contributed by atoms with Crippen LogP contribution in [0.1, 0.15) is 44.9 Å². The van der Waals surface area contributed by atoms with Crippen molar-refractivity contribution in [1.29, 1.82) is 0 Å². The van der Waals surface area contributed by atoms with E-state index in [0.717, 1.165) is 32.1 Å². The van der Waals surface area contributed by atoms with Crippen LogP contribution in [0.15, 0.2) is 12.7 Å². The van der Waals surface area contributed by atoms with Crippen LogP contribution in [0.25, 0.3) is 0 Å². The van der Waals surface area contributed by atoms with Crippen LogP contribution in [-0.2, 0) is 4.74 Å². The summed E-state index contributed by atoms with van der Waals surface area (Å²) in [5.41, 5.74) is 6.19. The highest BCUT2D eigenvalue weighted by atomic mass is 16.5. The van der Waals surface area contributed by atoms with Gasteiger partial charge >= 0.3 is 0 Å². The summed E-state index contributed by atoms with van der Waals surface area (Å²) in [6, 6.07) is 0.204. The SMILES string of the molecule is C=CCCCC(N)C1(OC)CCCC1. The molecular weight excluding hydrogens is 174 g/mol. The normalized spacial score (nSPS) is 22.1. The van der Waals surface area contributed by atoms with E-state index in [2.05, 4.69) is 6.58 Å². The Bertz CT molecular complexity index is 173. The third-order valence-corrected chi connectivity index (χ3v) is 3.46. The number of ether oxygens (including phenoxy) is 1. The molecule has 2 nitrogen and oxygen atoms in total. The van der Waals surface area contributed by atoms with E-state index in [1.54, 1.807) is 7.11 Å². The zero-order valence-corrected chi connectivity index (χ0v) is 9.30. The summed E-state index contributed by atoms with van der Waals surface area (Å²) in [6.45, 7) is 3.72. The molecule has 82 valence electrons. The van der Waals surface area contributed by atoms with E-state index in [4.69, 9.17) is 10.5 Å². The fraction of sp³-hybridized carbons (Fsp3) is 0.833. The van der Waals surface area contributed by atoms with E-state index in [0.29, 0.717) is 0 Å². The monoisotopic (exact) mass is 197 g/mol. The zero-order chi connectivity index (χ0) is 10.4. The first-order valence-electron chi connectivity index (χ1n) is 5.67. The molecule has 0 radical (unpaired) electrons. The van der Waals surface area contributed by atoms with Crippen LogP contribution in [-0.4, -0.2) is 18.8 Å². The van der Waals surface area contributed by atoms with Crippen LogP contribution in [0, 0.1) is 0 Å². The Hall–Kier alpha value is -0.340. The summed E-state index contributed by atoms with van der Waals surface area (Å²) in [5.74, 6) is 0. The van der Waals surface area contributed by atoms with Gasteiger partial charge in [-0.1, -0.05) is 18.9 Å². The third kappa shape index (κ3) is 2.58. The molecule has 0 aromatic rings. The average Bonchev–Trinajstić information content (AvgIpc) is 2.67. The van der Waals surface area contributed by atoms with E-state index in [1.165, 1.54) is 12.8 Å². The standard InChI is InChI=1S/C12H23NO/c1-3-4-5-8-11(13)12(14-2)9-6-7-10-12/h3,11H,1,4-10,13H2,2H3. The molecule has 14 heavy (non-hydrogen) atoms. The van der Waals surface area contributed by atoms with Gasteiger partial charge in [-0.15, -0.1) is 6.58 Å². The van der Waals surface area contributed by atoms with Gasteiger partial charge in [-0.25, -0.2) is 0 Å². The van der Waals surface area contributed by atoms with Crippen LogP contribution in [0.2, 0.25) is 0 Å². The summed E-state index contributed by atoms with van der Waals surface area (Å²) in [7, 11) is 1.80. The molecule has 1 saturated carbocycles. The van der Waals surface area contributed by atoms with E-state index in [-0.39, 0.29) is 11.6 Å². The van der Waals surface area contributed by atoms with Crippen molar-refractivity contribution in [3.8, 4) is 0 Å². The van der Waals surface area contributed by atoms with Crippen LogP contribution in [0.4, 0.5) is 0 Å². The van der Waals surface area contributed by atoms with Gasteiger partial charge in [-0.05, 0) is 32.1 Å². The molecule has 0 heterocycles. The molecule has 1 aliphatic rings. The van der Waals surface area contributed by atoms with Gasteiger partial charge in [-0.3, -0.25) is 0 Å². The lowest BCUT2D eigenvalue weighted by Crippen LogP contribution is -2.47. The molecule has 2 heteroatoms. The number of nitrogens with two attached hydrogens (primary N) is 1. The molecule has 1 unspecified atom stereocenters. The van der Waals surface area contributed by atoms with E-state index >= 15 is 0 Å². The lowest BCUT2D eigenvalue weighted by molar-refractivity contribution is -0.0277. The van der Waals surface area contributed by atoms with Gasteiger partial charge in [0.2, 0.25) is 0 Å². The largest absolute Gasteiger partial charge is 0.377 e. The predicted octanol–water partition coefficient (Wildman–Crippen LogP) is 2.63. The fourth-order valence-electron chi connectivity index (χ4n) is 2.44. The molecule has 1 atom stereocenters. The van der Waals surface area contributed by atoms with Crippen LogP contribution in [0.5, 0.6) is 0 Å². The molecule has 0 aliphatic heterocycles. The summed E-state index contributed by atoms with van der Waals surface area (Å²) in [5, 5.41) is 0. The van der Waals surface area contributed by atoms with Crippen molar-refractivity contribution < 1.29 is 4.74 Å². The highest BCUT2D eigenvalue weighted by Crippen LogP contribution is 2.36. The first kappa shape index (κ1) is 11.7. The van der Waals surface area contributed by atoms with Gasteiger partial charge in [0.25, 0.3) is 0 Å². The Kier molecular flexibility index (Phi) is 4.63. The Morgan fingerprint density at radius 1 is 1.50 bits per heavy atom. The van der Waals surface area contributed by atoms with Gasteiger partial charge in [0.05, 0.1) is 5.60 Å². The smallest absolute Gasteiger partial charge is 0.0828 e. The second-order valence-corrected chi connectivity index (χ2v) is 4.30. The van der Waals surface area contributed by atoms with Crippen molar-refractivity contribution >= 4 is 0 Å². The van der Waals surface area contributed by atoms with Crippen molar-refractivity contribution in [2.75, 3.05) is 7.11 Å². The number of unbranched alkanes of at least 4 members (excludes halogenated alkanes) is 1. The molecule has 1 fully saturated rings. The average molecular weight is 197 g/mol. The number of methoxy groups -OCH3 is 1. The molecule has 1 aliphatic carbocycles. The summed E-state index contributed by atoms with van der Waals surface area (Å²) < 4.78 is 5.64. The maximum absolute atomic E-state index is 6.21. The van der Waals surface area contributed by atoms with Gasteiger partial charge in [-0.2, -0.15) is 0 Å². The minimum Gasteiger partial charge on any atom is -0.377 e. The summed E-state index contributed by atoms with van der Waals surface area (Å²) in [6.07, 6.45) is 10.0. The number of rotatable bonds is 6. The van der Waals surface area contributed by atoms with Crippen molar-refractivity contribution in [3.63, 3.8) is 0 Å². The lowest BCUT2D eigenvalue weighted by atomic mass is 9.89. The molecule has 0 amide bonds. The molecule has 0 spiro atoms. The Morgan fingerprint density at radius 3 is 2.64 bits per heavy atom. The van der Waals surface area contributed by atoms with Crippen LogP contribution >= 0.6 is 0 Å². The predicted molar refractivity (Wildman–Crippen MR) is 60.2 cm³/mol. The topological polar surface area (TPSA) is 35.2 Å². The van der Waals surface area contributed by atoms with E-state index < -0.39 is 0 Å². The Labute approximate surface area is 87.5 Å². The fourth-order valence-corrected chi connectivity index (χ4v) is 2.44. The van der Waals surface area contributed by atoms with Crippen molar-refractivity contribution in [1.82, 2.24) is 0 Å². The second-order valence-electron chi connectivity index (χ2n) is 4.30. The van der Waals surface area contributed by atoms with E-state index in [9.17, 15) is 0 Å². The number of allylic oxidation sites excluding steroid dienone is 1. The minimum absolute atomic E-state index is 0.0127. The maximum atomic E-state index is 6.21. The highest BCUT2D eigenvalue weighted by molar-refractivity contribution is 4.95. The summed E-state index contributed by atoms with van der Waals surface area (Å²) >= 11 is 0.